The van der Waals surface area contributed by atoms with Crippen molar-refractivity contribution in [2.75, 3.05) is 0 Å². The van der Waals surface area contributed by atoms with Crippen LogP contribution in [0.1, 0.15) is 40.2 Å². The predicted octanol–water partition coefficient (Wildman–Crippen LogP) is 5.33. The second-order valence-corrected chi connectivity index (χ2v) is 7.04. The van der Waals surface area contributed by atoms with Gasteiger partial charge in [0.15, 0.2) is 0 Å². The van der Waals surface area contributed by atoms with Gasteiger partial charge in [0.2, 0.25) is 0 Å². The van der Waals surface area contributed by atoms with E-state index in [1.54, 1.807) is 16.7 Å². The molecule has 0 aliphatic heterocycles. The number of benzene rings is 3. The lowest BCUT2D eigenvalue weighted by atomic mass is 9.87. The standard InChI is InChI=1S/C25H21NO3/c27-24(28)16-15-20(18-9-3-1-4-10-18)22-17-26(23-14-8-7-13-21(22)23)25(29)19-11-5-2-6-12-19/h1-14,17,20H,15-16H2,(H,27,28). The Balaban J connectivity index is 1.86. The second kappa shape index (κ2) is 8.15. The van der Waals surface area contributed by atoms with Crippen LogP contribution in [0.4, 0.5) is 0 Å². The van der Waals surface area contributed by atoms with E-state index < -0.39 is 5.97 Å². The van der Waals surface area contributed by atoms with E-state index in [1.807, 2.05) is 79.0 Å². The van der Waals surface area contributed by atoms with Gasteiger partial charge in [-0.3, -0.25) is 14.2 Å². The first kappa shape index (κ1) is 18.7. The van der Waals surface area contributed by atoms with Crippen LogP contribution >= 0.6 is 0 Å². The number of aliphatic carboxylic acids is 1. The first-order valence-electron chi connectivity index (χ1n) is 9.61. The minimum Gasteiger partial charge on any atom is -0.481 e. The van der Waals surface area contributed by atoms with Crippen LogP contribution < -0.4 is 0 Å². The lowest BCUT2D eigenvalue weighted by Crippen LogP contribution is -2.10. The Morgan fingerprint density at radius 1 is 0.828 bits per heavy atom. The maximum atomic E-state index is 13.2. The molecule has 3 aromatic carbocycles. The molecule has 4 aromatic rings. The summed E-state index contributed by atoms with van der Waals surface area (Å²) in [6, 6.07) is 26.8. The van der Waals surface area contributed by atoms with Gasteiger partial charge in [-0.25, -0.2) is 0 Å². The molecule has 0 saturated heterocycles. The van der Waals surface area contributed by atoms with Gasteiger partial charge < -0.3 is 5.11 Å². The summed E-state index contributed by atoms with van der Waals surface area (Å²) in [4.78, 5) is 24.4. The highest BCUT2D eigenvalue weighted by Crippen LogP contribution is 2.35. The van der Waals surface area contributed by atoms with E-state index in [-0.39, 0.29) is 18.2 Å². The quantitative estimate of drug-likeness (QED) is 0.490. The number of hydrogen-bond acceptors (Lipinski definition) is 2. The van der Waals surface area contributed by atoms with Crippen LogP contribution in [0.5, 0.6) is 0 Å². The third-order valence-electron chi connectivity index (χ3n) is 5.21. The number of fused-ring (bicyclic) bond motifs is 1. The number of carboxylic acid groups (broad SMARTS) is 1. The SMILES string of the molecule is O=C(O)CCC(c1ccccc1)c1cn(C(=O)c2ccccc2)c2ccccc12. The van der Waals surface area contributed by atoms with Gasteiger partial charge in [0, 0.05) is 29.5 Å². The summed E-state index contributed by atoms with van der Waals surface area (Å²) >= 11 is 0. The van der Waals surface area contributed by atoms with Crippen molar-refractivity contribution in [2.24, 2.45) is 0 Å². The number of carbonyl (C=O) groups excluding carboxylic acids is 1. The van der Waals surface area contributed by atoms with Crippen LogP contribution in [-0.2, 0) is 4.79 Å². The highest BCUT2D eigenvalue weighted by molar-refractivity contribution is 6.03. The van der Waals surface area contributed by atoms with Crippen molar-refractivity contribution in [3.8, 4) is 0 Å². The molecular weight excluding hydrogens is 362 g/mol. The topological polar surface area (TPSA) is 59.3 Å². The third kappa shape index (κ3) is 3.83. The van der Waals surface area contributed by atoms with Crippen LogP contribution in [0, 0.1) is 0 Å². The molecule has 1 heterocycles. The van der Waals surface area contributed by atoms with Crippen LogP contribution in [0.2, 0.25) is 0 Å². The van der Waals surface area contributed by atoms with Crippen LogP contribution in [0.25, 0.3) is 10.9 Å². The second-order valence-electron chi connectivity index (χ2n) is 7.04. The van der Waals surface area contributed by atoms with Crippen molar-refractivity contribution in [1.29, 1.82) is 0 Å². The molecule has 0 amide bonds. The molecule has 1 unspecified atom stereocenters. The summed E-state index contributed by atoms with van der Waals surface area (Å²) in [5.41, 5.74) is 3.45. The molecule has 144 valence electrons. The molecule has 1 atom stereocenters. The normalized spacial score (nSPS) is 12.0. The van der Waals surface area contributed by atoms with E-state index in [1.165, 1.54) is 0 Å². The number of aromatic nitrogens is 1. The van der Waals surface area contributed by atoms with Crippen molar-refractivity contribution in [1.82, 2.24) is 4.57 Å². The number of hydrogen-bond donors (Lipinski definition) is 1. The lowest BCUT2D eigenvalue weighted by molar-refractivity contribution is -0.137. The van der Waals surface area contributed by atoms with Crippen molar-refractivity contribution in [2.45, 2.75) is 18.8 Å². The minimum atomic E-state index is -0.824. The van der Waals surface area contributed by atoms with Gasteiger partial charge in [-0.15, -0.1) is 0 Å². The number of para-hydroxylation sites is 1. The molecular formula is C25H21NO3. The molecule has 0 spiro atoms. The summed E-state index contributed by atoms with van der Waals surface area (Å²) in [5.74, 6) is -1.03. The molecule has 0 bridgehead atoms. The fourth-order valence-electron chi connectivity index (χ4n) is 3.83. The summed E-state index contributed by atoms with van der Waals surface area (Å²) < 4.78 is 1.68. The molecule has 4 heteroatoms. The highest BCUT2D eigenvalue weighted by Gasteiger charge is 2.22. The van der Waals surface area contributed by atoms with Crippen molar-refractivity contribution in [3.05, 3.63) is 108 Å². The first-order valence-corrected chi connectivity index (χ1v) is 9.61. The Morgan fingerprint density at radius 2 is 1.45 bits per heavy atom. The Morgan fingerprint density at radius 3 is 2.14 bits per heavy atom. The van der Waals surface area contributed by atoms with E-state index in [2.05, 4.69) is 0 Å². The van der Waals surface area contributed by atoms with Gasteiger partial charge in [0.05, 0.1) is 5.52 Å². The van der Waals surface area contributed by atoms with Gasteiger partial charge in [-0.2, -0.15) is 0 Å². The van der Waals surface area contributed by atoms with E-state index >= 15 is 0 Å². The summed E-state index contributed by atoms with van der Waals surface area (Å²) in [6.45, 7) is 0. The monoisotopic (exact) mass is 383 g/mol. The van der Waals surface area contributed by atoms with E-state index in [0.29, 0.717) is 12.0 Å². The average molecular weight is 383 g/mol. The van der Waals surface area contributed by atoms with Crippen LogP contribution in [0.15, 0.2) is 91.1 Å². The Bertz CT molecular complexity index is 1150. The predicted molar refractivity (Wildman–Crippen MR) is 113 cm³/mol. The smallest absolute Gasteiger partial charge is 0.303 e. The molecule has 0 fully saturated rings. The molecule has 29 heavy (non-hydrogen) atoms. The van der Waals surface area contributed by atoms with Gasteiger partial charge in [-0.05, 0) is 35.7 Å². The van der Waals surface area contributed by atoms with Crippen molar-refractivity contribution >= 4 is 22.8 Å². The number of carbonyl (C=O) groups is 2. The van der Waals surface area contributed by atoms with Gasteiger partial charge >= 0.3 is 5.97 Å². The maximum absolute atomic E-state index is 13.2. The van der Waals surface area contributed by atoms with Gasteiger partial charge in [-0.1, -0.05) is 66.7 Å². The zero-order chi connectivity index (χ0) is 20.2. The van der Waals surface area contributed by atoms with Crippen molar-refractivity contribution in [3.63, 3.8) is 0 Å². The van der Waals surface area contributed by atoms with E-state index in [9.17, 15) is 14.7 Å². The van der Waals surface area contributed by atoms with Crippen molar-refractivity contribution < 1.29 is 14.7 Å². The maximum Gasteiger partial charge on any atom is 0.303 e. The van der Waals surface area contributed by atoms with E-state index in [0.717, 1.165) is 22.0 Å². The first-order chi connectivity index (χ1) is 14.1. The summed E-state index contributed by atoms with van der Waals surface area (Å²) in [7, 11) is 0. The van der Waals surface area contributed by atoms with Gasteiger partial charge in [0.25, 0.3) is 5.91 Å². The Kier molecular flexibility index (Phi) is 5.25. The van der Waals surface area contributed by atoms with Crippen LogP contribution in [-0.4, -0.2) is 21.6 Å². The molecule has 0 aliphatic carbocycles. The fraction of sp³-hybridized carbons (Fsp3) is 0.120. The largest absolute Gasteiger partial charge is 0.481 e. The Hall–Kier alpha value is -3.66. The average Bonchev–Trinajstić information content (AvgIpc) is 3.14. The summed E-state index contributed by atoms with van der Waals surface area (Å²) in [6.07, 6.45) is 2.40. The minimum absolute atomic E-state index is 0.0612. The Labute approximate surface area is 169 Å². The molecule has 0 saturated carbocycles. The zero-order valence-corrected chi connectivity index (χ0v) is 15.9. The molecule has 1 aromatic heterocycles. The number of rotatable bonds is 6. The number of carboxylic acids is 1. The van der Waals surface area contributed by atoms with E-state index in [4.69, 9.17) is 0 Å². The molecule has 4 nitrogen and oxygen atoms in total. The van der Waals surface area contributed by atoms with Crippen LogP contribution in [0.3, 0.4) is 0 Å². The zero-order valence-electron chi connectivity index (χ0n) is 15.9. The third-order valence-corrected chi connectivity index (χ3v) is 5.21. The lowest BCUT2D eigenvalue weighted by Gasteiger charge is -2.16. The fourth-order valence-corrected chi connectivity index (χ4v) is 3.83. The molecule has 4 rings (SSSR count). The molecule has 0 aliphatic rings. The van der Waals surface area contributed by atoms with Gasteiger partial charge in [0.1, 0.15) is 0 Å². The molecule has 1 N–H and O–H groups in total. The summed E-state index contributed by atoms with van der Waals surface area (Å²) in [5, 5.41) is 10.2. The number of nitrogens with zero attached hydrogens (tertiary/aromatic N) is 1. The highest BCUT2D eigenvalue weighted by atomic mass is 16.4. The molecule has 0 radical (unpaired) electrons.